The summed E-state index contributed by atoms with van der Waals surface area (Å²) in [5, 5.41) is 0. The minimum absolute atomic E-state index is 1.10. The zero-order valence-electron chi connectivity index (χ0n) is 9.25. The van der Waals surface area contributed by atoms with Crippen LogP contribution in [0.5, 0.6) is 0 Å². The first kappa shape index (κ1) is 10.8. The fourth-order valence-electron chi connectivity index (χ4n) is 1.39. The van der Waals surface area contributed by atoms with Gasteiger partial charge in [0, 0.05) is 0 Å². The quantitative estimate of drug-likeness (QED) is 0.615. The van der Waals surface area contributed by atoms with E-state index < -0.39 is 0 Å². The van der Waals surface area contributed by atoms with Gasteiger partial charge in [-0.1, -0.05) is 55.0 Å². The highest BCUT2D eigenvalue weighted by Crippen LogP contribution is 2.11. The molecule has 0 aliphatic rings. The highest BCUT2D eigenvalue weighted by atomic mass is 14.0. The summed E-state index contributed by atoms with van der Waals surface area (Å²) in [6.45, 7) is 6.40. The molecule has 1 aromatic carbocycles. The standard InChI is InChI=1S/C14H18/c1-4-13(5-2)10-11-14-9-7-6-8-12(14)3/h4,6-11H,5H2,1-3H3/b11-10+,13-4-. The van der Waals surface area contributed by atoms with Crippen LogP contribution in [0.1, 0.15) is 31.4 Å². The second-order valence-electron chi connectivity index (χ2n) is 3.41. The van der Waals surface area contributed by atoms with Gasteiger partial charge in [0.05, 0.1) is 0 Å². The van der Waals surface area contributed by atoms with E-state index in [1.807, 2.05) is 0 Å². The molecule has 0 aromatic heterocycles. The summed E-state index contributed by atoms with van der Waals surface area (Å²) in [6, 6.07) is 8.44. The molecule has 0 N–H and O–H groups in total. The van der Waals surface area contributed by atoms with Crippen molar-refractivity contribution in [1.82, 2.24) is 0 Å². The molecule has 0 bridgehead atoms. The summed E-state index contributed by atoms with van der Waals surface area (Å²) in [5.74, 6) is 0. The van der Waals surface area contributed by atoms with E-state index in [-0.39, 0.29) is 0 Å². The molecule has 0 fully saturated rings. The van der Waals surface area contributed by atoms with Crippen LogP contribution in [0.15, 0.2) is 42.0 Å². The lowest BCUT2D eigenvalue weighted by Crippen LogP contribution is -1.79. The molecule has 0 amide bonds. The van der Waals surface area contributed by atoms with Gasteiger partial charge in [-0.3, -0.25) is 0 Å². The molecule has 0 atom stereocenters. The molecule has 0 heterocycles. The number of aryl methyl sites for hydroxylation is 1. The van der Waals surface area contributed by atoms with Gasteiger partial charge in [-0.2, -0.15) is 0 Å². The van der Waals surface area contributed by atoms with E-state index in [1.54, 1.807) is 0 Å². The number of rotatable bonds is 3. The summed E-state index contributed by atoms with van der Waals surface area (Å²) in [7, 11) is 0. The molecule has 0 aliphatic carbocycles. The highest BCUT2D eigenvalue weighted by Gasteiger charge is 1.91. The first-order valence-corrected chi connectivity index (χ1v) is 5.16. The first-order valence-electron chi connectivity index (χ1n) is 5.16. The largest absolute Gasteiger partial charge is 0.0845 e. The van der Waals surface area contributed by atoms with E-state index in [4.69, 9.17) is 0 Å². The van der Waals surface area contributed by atoms with Gasteiger partial charge >= 0.3 is 0 Å². The predicted octanol–water partition coefficient (Wildman–Crippen LogP) is 4.36. The predicted molar refractivity (Wildman–Crippen MR) is 64.3 cm³/mol. The molecule has 1 rings (SSSR count). The van der Waals surface area contributed by atoms with Crippen molar-refractivity contribution < 1.29 is 0 Å². The number of allylic oxidation sites excluding steroid dienone is 3. The minimum Gasteiger partial charge on any atom is -0.0845 e. The van der Waals surface area contributed by atoms with Crippen LogP contribution in [-0.4, -0.2) is 0 Å². The number of hydrogen-bond acceptors (Lipinski definition) is 0. The van der Waals surface area contributed by atoms with Crippen LogP contribution in [0.2, 0.25) is 0 Å². The smallest absolute Gasteiger partial charge is 0.0227 e. The molecule has 0 radical (unpaired) electrons. The van der Waals surface area contributed by atoms with Gasteiger partial charge in [0.15, 0.2) is 0 Å². The lowest BCUT2D eigenvalue weighted by atomic mass is 10.1. The maximum atomic E-state index is 2.20. The van der Waals surface area contributed by atoms with E-state index in [9.17, 15) is 0 Å². The van der Waals surface area contributed by atoms with Gasteiger partial charge in [0.2, 0.25) is 0 Å². The average Bonchev–Trinajstić information content (AvgIpc) is 2.22. The maximum Gasteiger partial charge on any atom is -0.0227 e. The minimum atomic E-state index is 1.10. The van der Waals surface area contributed by atoms with Crippen molar-refractivity contribution in [3.8, 4) is 0 Å². The van der Waals surface area contributed by atoms with Crippen molar-refractivity contribution >= 4 is 6.08 Å². The normalized spacial score (nSPS) is 12.4. The Hall–Kier alpha value is -1.30. The Balaban J connectivity index is 2.83. The summed E-state index contributed by atoms with van der Waals surface area (Å²) in [4.78, 5) is 0. The average molecular weight is 186 g/mol. The number of hydrogen-bond donors (Lipinski definition) is 0. The van der Waals surface area contributed by atoms with Gasteiger partial charge in [-0.15, -0.1) is 0 Å². The molecular weight excluding hydrogens is 168 g/mol. The fourth-order valence-corrected chi connectivity index (χ4v) is 1.39. The van der Waals surface area contributed by atoms with Gasteiger partial charge in [-0.05, 0) is 31.4 Å². The van der Waals surface area contributed by atoms with Crippen LogP contribution in [0.3, 0.4) is 0 Å². The van der Waals surface area contributed by atoms with Crippen molar-refractivity contribution in [2.75, 3.05) is 0 Å². The van der Waals surface area contributed by atoms with E-state index in [0.717, 1.165) is 6.42 Å². The van der Waals surface area contributed by atoms with Gasteiger partial charge in [-0.25, -0.2) is 0 Å². The molecule has 0 aliphatic heterocycles. The zero-order chi connectivity index (χ0) is 10.4. The summed E-state index contributed by atoms with van der Waals surface area (Å²) in [5.41, 5.74) is 4.02. The van der Waals surface area contributed by atoms with E-state index in [0.29, 0.717) is 0 Å². The van der Waals surface area contributed by atoms with Crippen LogP contribution >= 0.6 is 0 Å². The van der Waals surface area contributed by atoms with Crippen molar-refractivity contribution in [2.45, 2.75) is 27.2 Å². The third kappa shape index (κ3) is 2.88. The third-order valence-corrected chi connectivity index (χ3v) is 2.44. The lowest BCUT2D eigenvalue weighted by molar-refractivity contribution is 1.14. The Kier molecular flexibility index (Phi) is 4.18. The van der Waals surface area contributed by atoms with Crippen LogP contribution in [0.25, 0.3) is 6.08 Å². The number of benzene rings is 1. The van der Waals surface area contributed by atoms with E-state index >= 15 is 0 Å². The second-order valence-corrected chi connectivity index (χ2v) is 3.41. The van der Waals surface area contributed by atoms with Crippen molar-refractivity contribution in [2.24, 2.45) is 0 Å². The molecule has 0 spiro atoms. The first-order chi connectivity index (χ1) is 6.77. The van der Waals surface area contributed by atoms with Crippen molar-refractivity contribution in [3.05, 3.63) is 53.1 Å². The van der Waals surface area contributed by atoms with Crippen LogP contribution in [-0.2, 0) is 0 Å². The fraction of sp³-hybridized carbons (Fsp3) is 0.286. The van der Waals surface area contributed by atoms with Crippen molar-refractivity contribution in [1.29, 1.82) is 0 Å². The monoisotopic (exact) mass is 186 g/mol. The molecular formula is C14H18. The van der Waals surface area contributed by atoms with E-state index in [2.05, 4.69) is 63.3 Å². The zero-order valence-corrected chi connectivity index (χ0v) is 9.25. The highest BCUT2D eigenvalue weighted by molar-refractivity contribution is 5.56. The maximum absolute atomic E-state index is 2.20. The van der Waals surface area contributed by atoms with Crippen molar-refractivity contribution in [3.63, 3.8) is 0 Å². The molecule has 14 heavy (non-hydrogen) atoms. The summed E-state index contributed by atoms with van der Waals surface area (Å²) < 4.78 is 0. The van der Waals surface area contributed by atoms with Crippen LogP contribution in [0, 0.1) is 6.92 Å². The van der Waals surface area contributed by atoms with Crippen LogP contribution in [0.4, 0.5) is 0 Å². The summed E-state index contributed by atoms with van der Waals surface area (Å²) in [6.07, 6.45) is 7.64. The second kappa shape index (κ2) is 5.43. The molecule has 0 saturated heterocycles. The SMILES string of the molecule is C/C=C(\C=C\c1ccccc1C)CC. The van der Waals surface area contributed by atoms with Gasteiger partial charge in [0.1, 0.15) is 0 Å². The van der Waals surface area contributed by atoms with Gasteiger partial charge in [0.25, 0.3) is 0 Å². The van der Waals surface area contributed by atoms with Gasteiger partial charge < -0.3 is 0 Å². The van der Waals surface area contributed by atoms with Crippen LogP contribution < -0.4 is 0 Å². The molecule has 1 aromatic rings. The Morgan fingerprint density at radius 3 is 2.57 bits per heavy atom. The Bertz CT molecular complexity index is 343. The third-order valence-electron chi connectivity index (χ3n) is 2.44. The lowest BCUT2D eigenvalue weighted by Gasteiger charge is -1.99. The Morgan fingerprint density at radius 2 is 2.00 bits per heavy atom. The molecule has 0 unspecified atom stereocenters. The van der Waals surface area contributed by atoms with E-state index in [1.165, 1.54) is 16.7 Å². The Morgan fingerprint density at radius 1 is 1.29 bits per heavy atom. The molecule has 0 heteroatoms. The molecule has 0 nitrogen and oxygen atoms in total. The molecule has 74 valence electrons. The molecule has 0 saturated carbocycles. The topological polar surface area (TPSA) is 0 Å². The Labute approximate surface area is 87.0 Å². The summed E-state index contributed by atoms with van der Waals surface area (Å²) >= 11 is 0.